The van der Waals surface area contributed by atoms with E-state index in [1.54, 1.807) is 24.3 Å². The first kappa shape index (κ1) is 19.5. The monoisotopic (exact) mass is 429 g/mol. The number of nitrogens with one attached hydrogen (secondary N) is 1. The van der Waals surface area contributed by atoms with E-state index in [1.807, 2.05) is 31.2 Å². The minimum Gasteiger partial charge on any atom is -0.476 e. The molecule has 1 N–H and O–H groups in total. The third kappa shape index (κ3) is 4.86. The number of rotatable bonds is 5. The molecule has 0 aliphatic carbocycles. The Labute approximate surface area is 164 Å². The molecule has 7 heteroatoms. The number of benzene rings is 2. The molecule has 0 aliphatic heterocycles. The Morgan fingerprint density at radius 2 is 2.08 bits per heavy atom. The number of nitriles is 2. The van der Waals surface area contributed by atoms with Gasteiger partial charge in [-0.2, -0.15) is 10.5 Å². The molecule has 0 saturated heterocycles. The highest BCUT2D eigenvalue weighted by molar-refractivity contribution is 9.10. The van der Waals surface area contributed by atoms with Crippen molar-refractivity contribution in [1.82, 2.24) is 0 Å². The SMILES string of the molecule is Cc1ccccc1NC(=O)/C(C#N)=C\c1cc(Cl)c(OCC#N)c(Br)c1. The van der Waals surface area contributed by atoms with Gasteiger partial charge in [-0.15, -0.1) is 0 Å². The van der Waals surface area contributed by atoms with Crippen LogP contribution >= 0.6 is 27.5 Å². The molecule has 0 spiro atoms. The predicted molar refractivity (Wildman–Crippen MR) is 104 cm³/mol. The average molecular weight is 431 g/mol. The van der Waals surface area contributed by atoms with Crippen molar-refractivity contribution in [3.63, 3.8) is 0 Å². The van der Waals surface area contributed by atoms with Crippen LogP contribution in [0.25, 0.3) is 6.08 Å². The van der Waals surface area contributed by atoms with Gasteiger partial charge in [0.2, 0.25) is 0 Å². The normalized spacial score (nSPS) is 10.6. The number of nitrogens with zero attached hydrogens (tertiary/aromatic N) is 2. The van der Waals surface area contributed by atoms with Crippen molar-refractivity contribution in [2.24, 2.45) is 0 Å². The number of para-hydroxylation sites is 1. The molecule has 0 aliphatic rings. The Hall–Kier alpha value is -2.80. The highest BCUT2D eigenvalue weighted by Gasteiger charge is 2.13. The van der Waals surface area contributed by atoms with E-state index in [4.69, 9.17) is 21.6 Å². The number of aryl methyl sites for hydroxylation is 1. The Kier molecular flexibility index (Phi) is 6.80. The molecule has 5 nitrogen and oxygen atoms in total. The van der Waals surface area contributed by atoms with Gasteiger partial charge in [0.25, 0.3) is 5.91 Å². The first-order valence-electron chi connectivity index (χ1n) is 7.44. The number of carbonyl (C=O) groups is 1. The predicted octanol–water partition coefficient (Wildman–Crippen LogP) is 4.86. The molecule has 0 radical (unpaired) electrons. The summed E-state index contributed by atoms with van der Waals surface area (Å²) in [4.78, 5) is 12.4. The number of anilines is 1. The number of ether oxygens (including phenoxy) is 1. The van der Waals surface area contributed by atoms with E-state index in [0.29, 0.717) is 21.5 Å². The minimum atomic E-state index is -0.515. The zero-order valence-electron chi connectivity index (χ0n) is 13.7. The van der Waals surface area contributed by atoms with Crippen molar-refractivity contribution in [2.75, 3.05) is 11.9 Å². The van der Waals surface area contributed by atoms with E-state index in [2.05, 4.69) is 21.2 Å². The maximum Gasteiger partial charge on any atom is 0.266 e. The van der Waals surface area contributed by atoms with E-state index < -0.39 is 5.91 Å². The zero-order valence-corrected chi connectivity index (χ0v) is 16.1. The van der Waals surface area contributed by atoms with Crippen LogP contribution in [0.15, 0.2) is 46.4 Å². The summed E-state index contributed by atoms with van der Waals surface area (Å²) in [6.07, 6.45) is 1.43. The van der Waals surface area contributed by atoms with Crippen LogP contribution in [0.4, 0.5) is 5.69 Å². The summed E-state index contributed by atoms with van der Waals surface area (Å²) in [5, 5.41) is 20.9. The number of amides is 1. The molecule has 26 heavy (non-hydrogen) atoms. The molecule has 1 amide bonds. The van der Waals surface area contributed by atoms with Crippen molar-refractivity contribution in [1.29, 1.82) is 10.5 Å². The summed E-state index contributed by atoms with van der Waals surface area (Å²) in [5.41, 5.74) is 2.01. The lowest BCUT2D eigenvalue weighted by Gasteiger charge is -2.09. The standard InChI is InChI=1S/C19H13BrClN3O2/c1-12-4-2-3-5-17(12)24-19(25)14(11-23)8-13-9-15(20)18(16(21)10-13)26-7-6-22/h2-5,8-10H,7H2,1H3,(H,24,25)/b14-8-. The second-order valence-corrected chi connectivity index (χ2v) is 6.46. The number of hydrogen-bond donors (Lipinski definition) is 1. The second-order valence-electron chi connectivity index (χ2n) is 5.20. The molecule has 2 rings (SSSR count). The number of hydrogen-bond acceptors (Lipinski definition) is 4. The fraction of sp³-hybridized carbons (Fsp3) is 0.105. The van der Waals surface area contributed by atoms with Gasteiger partial charge in [-0.1, -0.05) is 29.8 Å². The molecular weight excluding hydrogens is 418 g/mol. The molecule has 0 fully saturated rings. The van der Waals surface area contributed by atoms with Gasteiger partial charge in [0, 0.05) is 5.69 Å². The summed E-state index contributed by atoms with van der Waals surface area (Å²) >= 11 is 9.46. The summed E-state index contributed by atoms with van der Waals surface area (Å²) in [7, 11) is 0. The van der Waals surface area contributed by atoms with E-state index >= 15 is 0 Å². The largest absolute Gasteiger partial charge is 0.476 e. The third-order valence-corrected chi connectivity index (χ3v) is 4.24. The fourth-order valence-corrected chi connectivity index (χ4v) is 3.11. The van der Waals surface area contributed by atoms with E-state index in [-0.39, 0.29) is 17.2 Å². The Morgan fingerprint density at radius 3 is 2.69 bits per heavy atom. The van der Waals surface area contributed by atoms with Crippen LogP contribution in [0.3, 0.4) is 0 Å². The van der Waals surface area contributed by atoms with E-state index in [1.165, 1.54) is 6.08 Å². The summed E-state index contributed by atoms with van der Waals surface area (Å²) < 4.78 is 5.75. The fourth-order valence-electron chi connectivity index (χ4n) is 2.12. The van der Waals surface area contributed by atoms with Crippen molar-refractivity contribution in [3.05, 3.63) is 62.6 Å². The topological polar surface area (TPSA) is 85.9 Å². The van der Waals surface area contributed by atoms with Gasteiger partial charge in [0.15, 0.2) is 12.4 Å². The van der Waals surface area contributed by atoms with Crippen LogP contribution in [0.2, 0.25) is 5.02 Å². The first-order chi connectivity index (χ1) is 12.5. The van der Waals surface area contributed by atoms with Crippen molar-refractivity contribution in [3.8, 4) is 17.9 Å². The van der Waals surface area contributed by atoms with Crippen LogP contribution in [0, 0.1) is 29.6 Å². The zero-order chi connectivity index (χ0) is 19.1. The van der Waals surface area contributed by atoms with Crippen molar-refractivity contribution < 1.29 is 9.53 Å². The van der Waals surface area contributed by atoms with Crippen LogP contribution < -0.4 is 10.1 Å². The molecule has 130 valence electrons. The minimum absolute atomic E-state index is 0.0677. The lowest BCUT2D eigenvalue weighted by atomic mass is 10.1. The van der Waals surface area contributed by atoms with Gasteiger partial charge in [-0.25, -0.2) is 0 Å². The number of halogens is 2. The lowest BCUT2D eigenvalue weighted by molar-refractivity contribution is -0.112. The maximum atomic E-state index is 12.4. The Balaban J connectivity index is 2.28. The molecule has 2 aromatic rings. The van der Waals surface area contributed by atoms with Crippen molar-refractivity contribution >= 4 is 45.2 Å². The van der Waals surface area contributed by atoms with Gasteiger partial charge < -0.3 is 10.1 Å². The molecule has 0 heterocycles. The maximum absolute atomic E-state index is 12.4. The molecule has 0 atom stereocenters. The van der Waals surface area contributed by atoms with Crippen LogP contribution in [-0.4, -0.2) is 12.5 Å². The molecule has 0 bridgehead atoms. The summed E-state index contributed by atoms with van der Waals surface area (Å²) in [6, 6.07) is 14.2. The van der Waals surface area contributed by atoms with Gasteiger partial charge in [0.05, 0.1) is 9.50 Å². The highest BCUT2D eigenvalue weighted by Crippen LogP contribution is 2.35. The molecule has 0 saturated carbocycles. The van der Waals surface area contributed by atoms with Crippen LogP contribution in [0.1, 0.15) is 11.1 Å². The summed E-state index contributed by atoms with van der Waals surface area (Å²) in [6.45, 7) is 1.72. The summed E-state index contributed by atoms with van der Waals surface area (Å²) in [5.74, 6) is -0.188. The van der Waals surface area contributed by atoms with Gasteiger partial charge in [-0.3, -0.25) is 4.79 Å². The molecular formula is C19H13BrClN3O2. The lowest BCUT2D eigenvalue weighted by Crippen LogP contribution is -2.14. The number of carbonyl (C=O) groups excluding carboxylic acids is 1. The van der Waals surface area contributed by atoms with Gasteiger partial charge in [-0.05, 0) is 58.3 Å². The third-order valence-electron chi connectivity index (χ3n) is 3.37. The Morgan fingerprint density at radius 1 is 1.35 bits per heavy atom. The highest BCUT2D eigenvalue weighted by atomic mass is 79.9. The van der Waals surface area contributed by atoms with Crippen molar-refractivity contribution in [2.45, 2.75) is 6.92 Å². The van der Waals surface area contributed by atoms with Gasteiger partial charge >= 0.3 is 0 Å². The molecule has 0 aromatic heterocycles. The second kappa shape index (κ2) is 9.05. The molecule has 2 aromatic carbocycles. The quantitative estimate of drug-likeness (QED) is 0.542. The smallest absolute Gasteiger partial charge is 0.266 e. The first-order valence-corrected chi connectivity index (χ1v) is 8.61. The molecule has 0 unspecified atom stereocenters. The average Bonchev–Trinajstić information content (AvgIpc) is 2.61. The van der Waals surface area contributed by atoms with Gasteiger partial charge in [0.1, 0.15) is 17.7 Å². The van der Waals surface area contributed by atoms with Crippen LogP contribution in [0.5, 0.6) is 5.75 Å². The Bertz CT molecular complexity index is 935. The van der Waals surface area contributed by atoms with Crippen LogP contribution in [-0.2, 0) is 4.79 Å². The van der Waals surface area contributed by atoms with E-state index in [0.717, 1.165) is 5.56 Å². The van der Waals surface area contributed by atoms with E-state index in [9.17, 15) is 10.1 Å².